The van der Waals surface area contributed by atoms with Crippen molar-refractivity contribution in [2.24, 2.45) is 0 Å². The maximum Gasteiger partial charge on any atom is 0.212 e. The smallest absolute Gasteiger partial charge is 0.212 e. The maximum atomic E-state index is 6.71. The highest BCUT2D eigenvalue weighted by molar-refractivity contribution is 5.78. The monoisotopic (exact) mass is 722 g/mol. The summed E-state index contributed by atoms with van der Waals surface area (Å²) in [6, 6.07) is 50.5. The van der Waals surface area contributed by atoms with Gasteiger partial charge in [-0.05, 0) is 57.5 Å². The minimum absolute atomic E-state index is 0.350. The van der Waals surface area contributed by atoms with Crippen molar-refractivity contribution in [1.29, 1.82) is 0 Å². The van der Waals surface area contributed by atoms with Crippen LogP contribution in [0.4, 0.5) is 0 Å². The minimum Gasteiger partial charge on any atom is -0.497 e. The van der Waals surface area contributed by atoms with Gasteiger partial charge in [0.2, 0.25) is 12.6 Å². The Kier molecular flexibility index (Phi) is 12.7. The van der Waals surface area contributed by atoms with Gasteiger partial charge in [-0.15, -0.1) is 0 Å². The van der Waals surface area contributed by atoms with Gasteiger partial charge >= 0.3 is 0 Å². The van der Waals surface area contributed by atoms with Crippen LogP contribution in [0.25, 0.3) is 11.1 Å². The molecule has 0 aromatic heterocycles. The molecule has 7 nitrogen and oxygen atoms in total. The average molecular weight is 723 g/mol. The van der Waals surface area contributed by atoms with E-state index in [1.165, 1.54) is 0 Å². The largest absolute Gasteiger partial charge is 0.497 e. The van der Waals surface area contributed by atoms with Crippen LogP contribution in [0.5, 0.6) is 17.2 Å². The SMILES string of the molecule is CCc1c(OCc2ccccc2)cc(OCc2ccccc2)c(-c2cccc(OC)c2)c1CC1O[C@@H](OCc2ccccc2)[C@H](OCc2ccccc2)O1. The molecule has 1 aliphatic rings. The molecule has 0 amide bonds. The summed E-state index contributed by atoms with van der Waals surface area (Å²) in [6.45, 7) is 3.62. The van der Waals surface area contributed by atoms with Crippen molar-refractivity contribution in [2.75, 3.05) is 7.11 Å². The second-order valence-electron chi connectivity index (χ2n) is 13.1. The van der Waals surface area contributed by atoms with Gasteiger partial charge in [0.15, 0.2) is 6.29 Å². The summed E-state index contributed by atoms with van der Waals surface area (Å²) in [4.78, 5) is 0. The lowest BCUT2D eigenvalue weighted by Gasteiger charge is -2.24. The predicted molar refractivity (Wildman–Crippen MR) is 209 cm³/mol. The molecular weight excluding hydrogens is 677 g/mol. The zero-order valence-electron chi connectivity index (χ0n) is 30.8. The molecule has 2 atom stereocenters. The summed E-state index contributed by atoms with van der Waals surface area (Å²) in [5.74, 6) is 2.18. The molecule has 0 N–H and O–H groups in total. The van der Waals surface area contributed by atoms with E-state index in [1.807, 2.05) is 121 Å². The Morgan fingerprint density at radius 3 is 1.46 bits per heavy atom. The van der Waals surface area contributed by atoms with Crippen LogP contribution >= 0.6 is 0 Å². The third-order valence-electron chi connectivity index (χ3n) is 9.34. The summed E-state index contributed by atoms with van der Waals surface area (Å²) in [5, 5.41) is 0. The molecule has 1 aliphatic heterocycles. The van der Waals surface area contributed by atoms with Gasteiger partial charge in [0, 0.05) is 18.1 Å². The van der Waals surface area contributed by atoms with Crippen molar-refractivity contribution in [2.45, 2.75) is 65.1 Å². The first-order valence-electron chi connectivity index (χ1n) is 18.5. The molecule has 0 aliphatic carbocycles. The molecule has 7 heteroatoms. The molecule has 0 unspecified atom stereocenters. The molecule has 1 heterocycles. The van der Waals surface area contributed by atoms with Crippen molar-refractivity contribution in [3.63, 3.8) is 0 Å². The standard InChI is InChI=1S/C47H46O7/c1-3-40-41(28-44-53-46(51-32-36-21-12-6-13-22-36)47(54-44)52-33-37-23-14-7-15-24-37)45(38-25-16-26-39(27-38)48-2)43(50-31-35-19-10-5-11-20-35)29-42(40)49-30-34-17-8-4-9-18-34/h4-27,29,44,46-47H,3,28,30-33H2,1-2H3/t46-,47-/m1/s1. The van der Waals surface area contributed by atoms with Gasteiger partial charge in [0.1, 0.15) is 30.5 Å². The number of rotatable bonds is 17. The van der Waals surface area contributed by atoms with E-state index >= 15 is 0 Å². The first kappa shape index (κ1) is 36.9. The van der Waals surface area contributed by atoms with Gasteiger partial charge in [-0.2, -0.15) is 0 Å². The number of hydrogen-bond donors (Lipinski definition) is 0. The fourth-order valence-corrected chi connectivity index (χ4v) is 6.61. The highest BCUT2D eigenvalue weighted by Crippen LogP contribution is 2.44. The fraction of sp³-hybridized carbons (Fsp3) is 0.234. The van der Waals surface area contributed by atoms with Crippen LogP contribution in [0.3, 0.4) is 0 Å². The van der Waals surface area contributed by atoms with Gasteiger partial charge in [0.25, 0.3) is 0 Å². The van der Waals surface area contributed by atoms with Crippen LogP contribution in [-0.4, -0.2) is 26.0 Å². The Morgan fingerprint density at radius 1 is 0.500 bits per heavy atom. The lowest BCUT2D eigenvalue weighted by Crippen LogP contribution is -2.28. The van der Waals surface area contributed by atoms with Crippen LogP contribution in [0.2, 0.25) is 0 Å². The van der Waals surface area contributed by atoms with Gasteiger partial charge in [-0.3, -0.25) is 0 Å². The van der Waals surface area contributed by atoms with E-state index in [4.69, 9.17) is 33.2 Å². The molecule has 276 valence electrons. The summed E-state index contributed by atoms with van der Waals surface area (Å²) < 4.78 is 44.9. The lowest BCUT2D eigenvalue weighted by atomic mass is 9.90. The summed E-state index contributed by atoms with van der Waals surface area (Å²) in [6.07, 6.45) is -1.11. The minimum atomic E-state index is -0.754. The number of methoxy groups -OCH3 is 1. The van der Waals surface area contributed by atoms with Gasteiger partial charge < -0.3 is 33.2 Å². The van der Waals surface area contributed by atoms with Gasteiger partial charge in [-0.25, -0.2) is 0 Å². The quantitative estimate of drug-likeness (QED) is 0.0929. The summed E-state index contributed by atoms with van der Waals surface area (Å²) in [7, 11) is 1.68. The zero-order chi connectivity index (χ0) is 37.0. The molecule has 1 saturated heterocycles. The van der Waals surface area contributed by atoms with Crippen molar-refractivity contribution in [1.82, 2.24) is 0 Å². The molecule has 6 aromatic carbocycles. The molecule has 0 radical (unpaired) electrons. The second kappa shape index (κ2) is 18.5. The van der Waals surface area contributed by atoms with Crippen LogP contribution in [0, 0.1) is 0 Å². The highest BCUT2D eigenvalue weighted by atomic mass is 16.9. The van der Waals surface area contributed by atoms with Crippen molar-refractivity contribution >= 4 is 0 Å². The van der Waals surface area contributed by atoms with Gasteiger partial charge in [0.05, 0.1) is 20.3 Å². The topological polar surface area (TPSA) is 64.6 Å². The van der Waals surface area contributed by atoms with Crippen LogP contribution in [-0.2, 0) is 58.2 Å². The molecule has 0 saturated carbocycles. The van der Waals surface area contributed by atoms with Crippen molar-refractivity contribution < 1.29 is 33.2 Å². The molecule has 0 bridgehead atoms. The maximum absolute atomic E-state index is 6.71. The summed E-state index contributed by atoms with van der Waals surface area (Å²) >= 11 is 0. The Bertz CT molecular complexity index is 1990. The first-order chi connectivity index (χ1) is 26.7. The average Bonchev–Trinajstić information content (AvgIpc) is 3.63. The van der Waals surface area contributed by atoms with Crippen molar-refractivity contribution in [3.05, 3.63) is 185 Å². The normalized spacial score (nSPS) is 15.6. The third-order valence-corrected chi connectivity index (χ3v) is 9.34. The zero-order valence-corrected chi connectivity index (χ0v) is 30.8. The first-order valence-corrected chi connectivity index (χ1v) is 18.5. The Morgan fingerprint density at radius 2 is 0.981 bits per heavy atom. The van der Waals surface area contributed by atoms with Crippen LogP contribution in [0.1, 0.15) is 40.3 Å². The van der Waals surface area contributed by atoms with E-state index in [2.05, 4.69) is 37.3 Å². The van der Waals surface area contributed by atoms with Crippen LogP contribution in [0.15, 0.2) is 152 Å². The van der Waals surface area contributed by atoms with Gasteiger partial charge in [-0.1, -0.05) is 140 Å². The van der Waals surface area contributed by atoms with Crippen molar-refractivity contribution in [3.8, 4) is 28.4 Å². The van der Waals surface area contributed by atoms with E-state index in [1.54, 1.807) is 7.11 Å². The molecule has 54 heavy (non-hydrogen) atoms. The molecule has 6 aromatic rings. The lowest BCUT2D eigenvalue weighted by molar-refractivity contribution is -0.200. The van der Waals surface area contributed by atoms with E-state index in [0.717, 1.165) is 56.0 Å². The Hall–Kier alpha value is -5.44. The summed E-state index contributed by atoms with van der Waals surface area (Å²) in [5.41, 5.74) is 8.10. The van der Waals surface area contributed by atoms with E-state index in [9.17, 15) is 0 Å². The Labute approximate surface area is 318 Å². The molecular formula is C47H46O7. The molecule has 0 spiro atoms. The van der Waals surface area contributed by atoms with Crippen LogP contribution < -0.4 is 14.2 Å². The number of benzene rings is 6. The third kappa shape index (κ3) is 9.56. The Balaban J connectivity index is 1.26. The molecule has 7 rings (SSSR count). The molecule has 1 fully saturated rings. The van der Waals surface area contributed by atoms with E-state index in [0.29, 0.717) is 45.0 Å². The highest BCUT2D eigenvalue weighted by Gasteiger charge is 2.39. The fourth-order valence-electron chi connectivity index (χ4n) is 6.61. The number of ether oxygens (including phenoxy) is 7. The van der Waals surface area contributed by atoms with E-state index in [-0.39, 0.29) is 0 Å². The second-order valence-corrected chi connectivity index (χ2v) is 13.1. The van der Waals surface area contributed by atoms with E-state index < -0.39 is 18.9 Å². The predicted octanol–water partition coefficient (Wildman–Crippen LogP) is 10.1. The number of hydrogen-bond acceptors (Lipinski definition) is 7.